The van der Waals surface area contributed by atoms with E-state index in [2.05, 4.69) is 37.9 Å². The monoisotopic (exact) mass is 275 g/mol. The molecular weight excluding hydrogens is 253 g/mol. The summed E-state index contributed by atoms with van der Waals surface area (Å²) in [4.78, 5) is 4.55. The molecule has 0 N–H and O–H groups in total. The van der Waals surface area contributed by atoms with E-state index in [4.69, 9.17) is 0 Å². The van der Waals surface area contributed by atoms with Gasteiger partial charge in [-0.2, -0.15) is 0 Å². The Bertz CT molecular complexity index is 677. The lowest BCUT2D eigenvalue weighted by molar-refractivity contribution is 0.581. The molecule has 0 aliphatic carbocycles. The predicted molar refractivity (Wildman–Crippen MR) is 84.3 cm³/mol. The number of pyridine rings is 1. The molecule has 1 aromatic carbocycles. The molecule has 0 saturated carbocycles. The van der Waals surface area contributed by atoms with Crippen molar-refractivity contribution < 1.29 is 4.57 Å². The maximum Gasteiger partial charge on any atom is 0.110 e. The van der Waals surface area contributed by atoms with E-state index in [1.54, 1.807) is 0 Å². The quantitative estimate of drug-likeness (QED) is 0.734. The van der Waals surface area contributed by atoms with Crippen LogP contribution in [0.3, 0.4) is 0 Å². The zero-order chi connectivity index (χ0) is 14.4. The van der Waals surface area contributed by atoms with E-state index in [1.165, 1.54) is 5.56 Å². The third-order valence-corrected chi connectivity index (χ3v) is 4.89. The van der Waals surface area contributed by atoms with E-state index in [0.29, 0.717) is 0 Å². The molecule has 0 aliphatic heterocycles. The third kappa shape index (κ3) is 2.74. The van der Waals surface area contributed by atoms with Crippen LogP contribution in [0, 0.1) is 6.92 Å². The molecule has 1 aromatic heterocycles. The van der Waals surface area contributed by atoms with Crippen molar-refractivity contribution in [1.29, 1.82) is 0 Å². The van der Waals surface area contributed by atoms with E-state index in [1.807, 2.05) is 32.4 Å². The Morgan fingerprint density at radius 3 is 2.21 bits per heavy atom. The Balaban J connectivity index is 2.94. The molecule has 0 unspecified atom stereocenters. The number of fused-ring (bicyclic) bond motifs is 1. The lowest BCUT2D eigenvalue weighted by Gasteiger charge is -2.26. The van der Waals surface area contributed by atoms with Gasteiger partial charge in [0.05, 0.1) is 5.52 Å². The molecule has 0 aliphatic rings. The summed E-state index contributed by atoms with van der Waals surface area (Å²) in [6, 6.07) is 8.18. The minimum absolute atomic E-state index is 0.0178. The van der Waals surface area contributed by atoms with Crippen molar-refractivity contribution in [2.75, 3.05) is 13.3 Å². The Morgan fingerprint density at radius 2 is 1.68 bits per heavy atom. The van der Waals surface area contributed by atoms with Gasteiger partial charge in [-0.25, -0.2) is 0 Å². The van der Waals surface area contributed by atoms with Crippen LogP contribution < -0.4 is 5.30 Å². The Kier molecular flexibility index (Phi) is 3.35. The van der Waals surface area contributed by atoms with Crippen LogP contribution in [0.5, 0.6) is 0 Å². The molecule has 2 rings (SSSR count). The zero-order valence-electron chi connectivity index (χ0n) is 12.6. The summed E-state index contributed by atoms with van der Waals surface area (Å²) in [7, 11) is -2.35. The van der Waals surface area contributed by atoms with Crippen molar-refractivity contribution in [3.05, 3.63) is 35.5 Å². The van der Waals surface area contributed by atoms with Gasteiger partial charge in [-0.15, -0.1) is 0 Å². The van der Waals surface area contributed by atoms with Crippen molar-refractivity contribution in [2.24, 2.45) is 0 Å². The molecule has 102 valence electrons. The first-order valence-electron chi connectivity index (χ1n) is 6.57. The van der Waals surface area contributed by atoms with Gasteiger partial charge in [-0.3, -0.25) is 4.98 Å². The first kappa shape index (κ1) is 14.3. The molecule has 0 amide bonds. The fraction of sp³-hybridized carbons (Fsp3) is 0.438. The maximum absolute atomic E-state index is 12.8. The molecule has 3 heteroatoms. The Hall–Kier alpha value is -1.14. The van der Waals surface area contributed by atoms with Crippen molar-refractivity contribution in [3.63, 3.8) is 0 Å². The second kappa shape index (κ2) is 4.45. The van der Waals surface area contributed by atoms with Gasteiger partial charge in [0.15, 0.2) is 0 Å². The van der Waals surface area contributed by atoms with Crippen LogP contribution in [0.1, 0.15) is 32.0 Å². The summed E-state index contributed by atoms with van der Waals surface area (Å²) in [6.45, 7) is 12.2. The number of benzene rings is 1. The number of nitrogens with zero attached hydrogens (tertiary/aromatic N) is 1. The molecule has 0 radical (unpaired) electrons. The van der Waals surface area contributed by atoms with Crippen molar-refractivity contribution in [2.45, 2.75) is 33.1 Å². The van der Waals surface area contributed by atoms with Crippen molar-refractivity contribution in [3.8, 4) is 0 Å². The van der Waals surface area contributed by atoms with Crippen LogP contribution in [0.4, 0.5) is 0 Å². The smallest absolute Gasteiger partial charge is 0.110 e. The van der Waals surface area contributed by atoms with Gasteiger partial charge in [0.25, 0.3) is 0 Å². The van der Waals surface area contributed by atoms with Gasteiger partial charge < -0.3 is 4.57 Å². The average molecular weight is 275 g/mol. The summed E-state index contributed by atoms with van der Waals surface area (Å²) in [5.74, 6) is 0. The first-order chi connectivity index (χ1) is 8.60. The lowest BCUT2D eigenvalue weighted by atomic mass is 9.86. The molecule has 0 fully saturated rings. The van der Waals surface area contributed by atoms with Crippen LogP contribution >= 0.6 is 7.14 Å². The normalized spacial score (nSPS) is 12.9. The third-order valence-electron chi connectivity index (χ3n) is 3.33. The summed E-state index contributed by atoms with van der Waals surface area (Å²) >= 11 is 0. The van der Waals surface area contributed by atoms with Gasteiger partial charge in [-0.1, -0.05) is 32.9 Å². The minimum Gasteiger partial charge on any atom is -0.319 e. The fourth-order valence-electron chi connectivity index (χ4n) is 2.48. The lowest BCUT2D eigenvalue weighted by Crippen LogP contribution is -2.23. The van der Waals surface area contributed by atoms with E-state index in [0.717, 1.165) is 21.9 Å². The van der Waals surface area contributed by atoms with Gasteiger partial charge in [0.1, 0.15) is 7.14 Å². The second-order valence-corrected chi connectivity index (χ2v) is 9.73. The van der Waals surface area contributed by atoms with Crippen molar-refractivity contribution >= 4 is 23.3 Å². The van der Waals surface area contributed by atoms with Crippen LogP contribution in [0.25, 0.3) is 10.9 Å². The predicted octanol–water partition coefficient (Wildman–Crippen LogP) is 4.09. The number of aryl methyl sites for hydroxylation is 1. The van der Waals surface area contributed by atoms with E-state index in [-0.39, 0.29) is 5.41 Å². The molecule has 0 bridgehead atoms. The average Bonchev–Trinajstić information content (AvgIpc) is 2.24. The van der Waals surface area contributed by atoms with Crippen LogP contribution in [0.15, 0.2) is 24.3 Å². The number of hydrogen-bond acceptors (Lipinski definition) is 2. The SMILES string of the molecule is Cc1ccc2c(P(C)(C)=O)c(C(C)(C)C)ccc2n1. The summed E-state index contributed by atoms with van der Waals surface area (Å²) in [5, 5.41) is 2.02. The maximum atomic E-state index is 12.8. The highest BCUT2D eigenvalue weighted by molar-refractivity contribution is 7.70. The van der Waals surface area contributed by atoms with Crippen LogP contribution in [0.2, 0.25) is 0 Å². The summed E-state index contributed by atoms with van der Waals surface area (Å²) < 4.78 is 12.8. The Labute approximate surface area is 115 Å². The number of hydrogen-bond donors (Lipinski definition) is 0. The molecule has 2 nitrogen and oxygen atoms in total. The number of aromatic nitrogens is 1. The zero-order valence-corrected chi connectivity index (χ0v) is 13.5. The summed E-state index contributed by atoms with van der Waals surface area (Å²) in [6.07, 6.45) is 0. The first-order valence-corrected chi connectivity index (χ1v) is 9.17. The molecule has 19 heavy (non-hydrogen) atoms. The highest BCUT2D eigenvalue weighted by Gasteiger charge is 2.26. The molecule has 0 atom stereocenters. The standard InChI is InChI=1S/C16H22NOP/c1-11-7-8-12-14(17-11)10-9-13(16(2,3)4)15(12)19(5,6)18/h7-10H,1-6H3. The van der Waals surface area contributed by atoms with Gasteiger partial charge in [-0.05, 0) is 43.4 Å². The fourth-order valence-corrected chi connectivity index (χ4v) is 4.24. The molecule has 0 spiro atoms. The highest BCUT2D eigenvalue weighted by Crippen LogP contribution is 2.41. The van der Waals surface area contributed by atoms with E-state index in [9.17, 15) is 4.57 Å². The summed E-state index contributed by atoms with van der Waals surface area (Å²) in [5.41, 5.74) is 3.07. The number of rotatable bonds is 1. The molecule has 0 saturated heterocycles. The van der Waals surface area contributed by atoms with Gasteiger partial charge >= 0.3 is 0 Å². The second-order valence-electron chi connectivity index (χ2n) is 6.58. The van der Waals surface area contributed by atoms with E-state index < -0.39 is 7.14 Å². The minimum atomic E-state index is -2.35. The van der Waals surface area contributed by atoms with Crippen LogP contribution in [-0.2, 0) is 9.98 Å². The highest BCUT2D eigenvalue weighted by atomic mass is 31.2. The Morgan fingerprint density at radius 1 is 1.05 bits per heavy atom. The van der Waals surface area contributed by atoms with Gasteiger partial charge in [0.2, 0.25) is 0 Å². The molecule has 2 aromatic rings. The largest absolute Gasteiger partial charge is 0.319 e. The van der Waals surface area contributed by atoms with Gasteiger partial charge in [0, 0.05) is 16.4 Å². The molecular formula is C16H22NOP. The van der Waals surface area contributed by atoms with Crippen LogP contribution in [-0.4, -0.2) is 18.3 Å². The van der Waals surface area contributed by atoms with E-state index >= 15 is 0 Å². The topological polar surface area (TPSA) is 30.0 Å². The van der Waals surface area contributed by atoms with Crippen molar-refractivity contribution in [1.82, 2.24) is 4.98 Å². The molecule has 1 heterocycles.